The van der Waals surface area contributed by atoms with Gasteiger partial charge in [-0.25, -0.2) is 12.8 Å². The van der Waals surface area contributed by atoms with Crippen LogP contribution in [0.15, 0.2) is 47.4 Å². The summed E-state index contributed by atoms with van der Waals surface area (Å²) in [5.74, 6) is -0.347. The summed E-state index contributed by atoms with van der Waals surface area (Å²) in [6, 6.07) is 11.2. The van der Waals surface area contributed by atoms with Gasteiger partial charge < -0.3 is 4.90 Å². The van der Waals surface area contributed by atoms with Crippen molar-refractivity contribution in [2.45, 2.75) is 30.2 Å². The van der Waals surface area contributed by atoms with Crippen molar-refractivity contribution in [2.24, 2.45) is 0 Å². The maximum Gasteiger partial charge on any atom is 0.264 e. The molecule has 25 heavy (non-hydrogen) atoms. The van der Waals surface area contributed by atoms with Crippen LogP contribution in [0.1, 0.15) is 23.5 Å². The SMILES string of the molecule is Cc1ccc2c(c1)[C@H]1C[NH+](C)CC[C@@H]1N2S(=O)(=O)c1cccc(F)c1. The van der Waals surface area contributed by atoms with Gasteiger partial charge in [0.2, 0.25) is 0 Å². The molecule has 2 aromatic carbocycles. The summed E-state index contributed by atoms with van der Waals surface area (Å²) in [5, 5.41) is 0. The molecule has 1 N–H and O–H groups in total. The van der Waals surface area contributed by atoms with Gasteiger partial charge in [-0.2, -0.15) is 0 Å². The molecule has 0 saturated carbocycles. The fourth-order valence-corrected chi connectivity index (χ4v) is 5.98. The lowest BCUT2D eigenvalue weighted by molar-refractivity contribution is -0.886. The van der Waals surface area contributed by atoms with E-state index in [0.29, 0.717) is 0 Å². The van der Waals surface area contributed by atoms with Crippen LogP contribution < -0.4 is 9.21 Å². The number of aryl methyl sites for hydroxylation is 1. The number of likely N-dealkylation sites (tertiary alicyclic amines) is 1. The van der Waals surface area contributed by atoms with Gasteiger partial charge in [0.25, 0.3) is 10.0 Å². The minimum Gasteiger partial charge on any atom is -0.337 e. The molecular formula is C19H22FN2O2S+. The van der Waals surface area contributed by atoms with Gasteiger partial charge >= 0.3 is 0 Å². The van der Waals surface area contributed by atoms with E-state index in [9.17, 15) is 12.8 Å². The van der Waals surface area contributed by atoms with Gasteiger partial charge in [0.15, 0.2) is 0 Å². The van der Waals surface area contributed by atoms with Crippen LogP contribution in [0.25, 0.3) is 0 Å². The standard InChI is InChI=1S/C19H21FN2O2S/c1-13-6-7-18-16(10-13)17-12-21(2)9-8-19(17)22(18)25(23,24)15-5-3-4-14(20)11-15/h3-7,10-11,17,19H,8-9,12H2,1-2H3/p+1/t17-,19+/m1/s1. The van der Waals surface area contributed by atoms with Gasteiger partial charge in [-0.05, 0) is 36.8 Å². The van der Waals surface area contributed by atoms with Gasteiger partial charge in [0, 0.05) is 6.42 Å². The minimum absolute atomic E-state index is 0.0194. The topological polar surface area (TPSA) is 41.8 Å². The number of fused-ring (bicyclic) bond motifs is 3. The number of quaternary nitrogens is 1. The number of nitrogens with zero attached hydrogens (tertiary/aromatic N) is 1. The Morgan fingerprint density at radius 3 is 2.76 bits per heavy atom. The average molecular weight is 361 g/mol. The van der Waals surface area contributed by atoms with E-state index in [4.69, 9.17) is 0 Å². The number of hydrogen-bond acceptors (Lipinski definition) is 2. The third-order valence-electron chi connectivity index (χ3n) is 5.37. The number of hydrogen-bond donors (Lipinski definition) is 1. The Hall–Kier alpha value is -1.92. The van der Waals surface area contributed by atoms with Crippen molar-refractivity contribution in [2.75, 3.05) is 24.4 Å². The zero-order valence-corrected chi connectivity index (χ0v) is 15.2. The van der Waals surface area contributed by atoms with Crippen LogP contribution in [0.4, 0.5) is 10.1 Å². The summed E-state index contributed by atoms with van der Waals surface area (Å²) in [5.41, 5.74) is 2.98. The highest BCUT2D eigenvalue weighted by Crippen LogP contribution is 2.45. The number of halogens is 1. The fraction of sp³-hybridized carbons (Fsp3) is 0.368. The highest BCUT2D eigenvalue weighted by molar-refractivity contribution is 7.92. The smallest absolute Gasteiger partial charge is 0.264 e. The highest BCUT2D eigenvalue weighted by atomic mass is 32.2. The van der Waals surface area contributed by atoms with E-state index < -0.39 is 15.8 Å². The molecule has 6 heteroatoms. The van der Waals surface area contributed by atoms with Gasteiger partial charge in [-0.1, -0.05) is 23.8 Å². The quantitative estimate of drug-likeness (QED) is 0.885. The number of likely N-dealkylation sites (N-methyl/N-ethyl adjacent to an activating group) is 1. The van der Waals surface area contributed by atoms with Crippen LogP contribution in [0.2, 0.25) is 0 Å². The Bertz CT molecular complexity index is 929. The van der Waals surface area contributed by atoms with Crippen LogP contribution in [-0.2, 0) is 10.0 Å². The number of nitrogens with one attached hydrogen (secondary N) is 1. The number of rotatable bonds is 2. The summed E-state index contributed by atoms with van der Waals surface area (Å²) in [6.45, 7) is 3.87. The Morgan fingerprint density at radius 2 is 2.00 bits per heavy atom. The molecule has 2 aliphatic rings. The van der Waals surface area contributed by atoms with E-state index in [-0.39, 0.29) is 16.9 Å². The van der Waals surface area contributed by atoms with Crippen molar-refractivity contribution in [1.82, 2.24) is 0 Å². The Kier molecular flexibility index (Phi) is 3.85. The van der Waals surface area contributed by atoms with Crippen LogP contribution >= 0.6 is 0 Å². The van der Waals surface area contributed by atoms with Gasteiger partial charge in [0.05, 0.1) is 42.7 Å². The molecule has 0 aromatic heterocycles. The van der Waals surface area contributed by atoms with Crippen LogP contribution in [0, 0.1) is 12.7 Å². The molecule has 0 bridgehead atoms. The van der Waals surface area contributed by atoms with Crippen molar-refractivity contribution < 1.29 is 17.7 Å². The second kappa shape index (κ2) is 5.81. The summed E-state index contributed by atoms with van der Waals surface area (Å²) >= 11 is 0. The van der Waals surface area contributed by atoms with Crippen molar-refractivity contribution in [3.63, 3.8) is 0 Å². The molecule has 0 spiro atoms. The number of benzene rings is 2. The van der Waals surface area contributed by atoms with E-state index in [1.807, 2.05) is 19.1 Å². The van der Waals surface area contributed by atoms with Gasteiger partial charge in [-0.15, -0.1) is 0 Å². The molecule has 1 fully saturated rings. The van der Waals surface area contributed by atoms with Gasteiger partial charge in [-0.3, -0.25) is 4.31 Å². The Balaban J connectivity index is 1.87. The monoisotopic (exact) mass is 361 g/mol. The van der Waals surface area contributed by atoms with Crippen LogP contribution in [-0.4, -0.2) is 34.6 Å². The average Bonchev–Trinajstić information content (AvgIpc) is 2.88. The Morgan fingerprint density at radius 1 is 1.20 bits per heavy atom. The third-order valence-corrected chi connectivity index (χ3v) is 7.21. The number of sulfonamides is 1. The largest absolute Gasteiger partial charge is 0.337 e. The second-order valence-corrected chi connectivity index (χ2v) is 9.01. The number of piperidine rings is 1. The molecule has 132 valence electrons. The van der Waals surface area contributed by atoms with Crippen molar-refractivity contribution in [1.29, 1.82) is 0 Å². The molecular weight excluding hydrogens is 339 g/mol. The van der Waals surface area contributed by atoms with E-state index in [2.05, 4.69) is 13.1 Å². The first kappa shape index (κ1) is 16.5. The van der Waals surface area contributed by atoms with E-state index in [0.717, 1.165) is 42.4 Å². The normalized spacial score (nSPS) is 25.6. The third kappa shape index (κ3) is 2.64. The summed E-state index contributed by atoms with van der Waals surface area (Å²) in [6.07, 6.45) is 0.804. The maximum absolute atomic E-state index is 13.6. The summed E-state index contributed by atoms with van der Waals surface area (Å²) in [7, 11) is -1.64. The number of anilines is 1. The summed E-state index contributed by atoms with van der Waals surface area (Å²) in [4.78, 5) is 1.43. The van der Waals surface area contributed by atoms with E-state index in [1.54, 1.807) is 4.31 Å². The molecule has 0 radical (unpaired) electrons. The van der Waals surface area contributed by atoms with Crippen molar-refractivity contribution >= 4 is 15.7 Å². The first-order valence-electron chi connectivity index (χ1n) is 8.60. The van der Waals surface area contributed by atoms with E-state index >= 15 is 0 Å². The fourth-order valence-electron chi connectivity index (χ4n) is 4.21. The van der Waals surface area contributed by atoms with Crippen LogP contribution in [0.3, 0.4) is 0 Å². The molecule has 0 aliphatic carbocycles. The molecule has 3 atom stereocenters. The predicted molar refractivity (Wildman–Crippen MR) is 95.0 cm³/mol. The molecule has 4 rings (SSSR count). The lowest BCUT2D eigenvalue weighted by Gasteiger charge is -2.34. The van der Waals surface area contributed by atoms with E-state index in [1.165, 1.54) is 23.1 Å². The lowest BCUT2D eigenvalue weighted by Crippen LogP contribution is -3.11. The van der Waals surface area contributed by atoms with Crippen LogP contribution in [0.5, 0.6) is 0 Å². The molecule has 1 saturated heterocycles. The highest BCUT2D eigenvalue weighted by Gasteiger charge is 2.48. The molecule has 2 aromatic rings. The predicted octanol–water partition coefficient (Wildman–Crippen LogP) is 1.71. The zero-order chi connectivity index (χ0) is 17.8. The zero-order valence-electron chi connectivity index (χ0n) is 14.4. The lowest BCUT2D eigenvalue weighted by atomic mass is 9.89. The minimum atomic E-state index is -3.79. The molecule has 2 aliphatic heterocycles. The van der Waals surface area contributed by atoms with Gasteiger partial charge in [0.1, 0.15) is 5.82 Å². The molecule has 0 amide bonds. The molecule has 2 heterocycles. The first-order chi connectivity index (χ1) is 11.9. The molecule has 1 unspecified atom stereocenters. The van der Waals surface area contributed by atoms with Crippen molar-refractivity contribution in [3.8, 4) is 0 Å². The van der Waals surface area contributed by atoms with Crippen molar-refractivity contribution in [3.05, 3.63) is 59.4 Å². The maximum atomic E-state index is 13.6. The Labute approximate surface area is 147 Å². The second-order valence-electron chi connectivity index (χ2n) is 7.19. The molecule has 4 nitrogen and oxygen atoms in total. The first-order valence-corrected chi connectivity index (χ1v) is 10.0. The summed E-state index contributed by atoms with van der Waals surface area (Å²) < 4.78 is 41.8.